The van der Waals surface area contributed by atoms with E-state index in [1.807, 2.05) is 84.9 Å². The standard InChI is InChI=1S/C32H21N3O4S3/c1-18-9-15-26-28(29(18)42(37,38)39)41-32(35-26)21-12-16-25-27(17-21)40-31(34-25)20-10-13-22(14-11-20)33-30(36)24-8-4-6-19-5-2-3-7-23(19)24/h2-17H,1H3,(H,33,36)(H,37,38,39). The Balaban J connectivity index is 1.16. The number of thiazole rings is 2. The molecule has 42 heavy (non-hydrogen) atoms. The van der Waals surface area contributed by atoms with Gasteiger partial charge < -0.3 is 5.32 Å². The quantitative estimate of drug-likeness (QED) is 0.191. The number of hydrogen-bond acceptors (Lipinski definition) is 7. The molecule has 0 radical (unpaired) electrons. The monoisotopic (exact) mass is 607 g/mol. The fraction of sp³-hybridized carbons (Fsp3) is 0.0312. The number of amides is 1. The lowest BCUT2D eigenvalue weighted by Crippen LogP contribution is -2.12. The van der Waals surface area contributed by atoms with Gasteiger partial charge in [-0.2, -0.15) is 8.42 Å². The first-order chi connectivity index (χ1) is 20.2. The van der Waals surface area contributed by atoms with Gasteiger partial charge in [0.1, 0.15) is 14.9 Å². The number of carbonyl (C=O) groups is 1. The molecule has 2 heterocycles. The van der Waals surface area contributed by atoms with E-state index in [0.29, 0.717) is 32.0 Å². The van der Waals surface area contributed by atoms with Gasteiger partial charge in [-0.1, -0.05) is 42.5 Å². The van der Waals surface area contributed by atoms with Crippen LogP contribution < -0.4 is 5.32 Å². The molecule has 0 bridgehead atoms. The fourth-order valence-corrected chi connectivity index (χ4v) is 8.33. The first kappa shape index (κ1) is 26.4. The molecule has 7 rings (SSSR count). The van der Waals surface area contributed by atoms with Crippen molar-refractivity contribution in [2.75, 3.05) is 5.32 Å². The largest absolute Gasteiger partial charge is 0.322 e. The van der Waals surface area contributed by atoms with Gasteiger partial charge in [0.2, 0.25) is 0 Å². The van der Waals surface area contributed by atoms with Gasteiger partial charge in [-0.3, -0.25) is 9.35 Å². The number of carbonyl (C=O) groups excluding carboxylic acids is 1. The van der Waals surface area contributed by atoms with Crippen LogP contribution in [0.1, 0.15) is 15.9 Å². The average molecular weight is 608 g/mol. The molecule has 0 atom stereocenters. The van der Waals surface area contributed by atoms with Crippen molar-refractivity contribution in [2.45, 2.75) is 11.8 Å². The Labute approximate surface area is 248 Å². The maximum atomic E-state index is 13.0. The molecule has 0 aliphatic heterocycles. The highest BCUT2D eigenvalue weighted by atomic mass is 32.2. The summed E-state index contributed by atoms with van der Waals surface area (Å²) in [7, 11) is -4.38. The molecule has 0 spiro atoms. The lowest BCUT2D eigenvalue weighted by molar-refractivity contribution is 0.102. The Kier molecular flexibility index (Phi) is 6.36. The number of benzene rings is 5. The molecule has 2 aromatic heterocycles. The molecule has 7 nitrogen and oxygen atoms in total. The summed E-state index contributed by atoms with van der Waals surface area (Å²) in [5.41, 5.74) is 4.90. The Morgan fingerprint density at radius 3 is 2.29 bits per heavy atom. The Hall–Kier alpha value is -4.48. The van der Waals surface area contributed by atoms with Crippen LogP contribution in [-0.2, 0) is 10.1 Å². The lowest BCUT2D eigenvalue weighted by Gasteiger charge is -2.08. The Morgan fingerprint density at radius 2 is 1.48 bits per heavy atom. The van der Waals surface area contributed by atoms with E-state index in [1.165, 1.54) is 22.7 Å². The first-order valence-electron chi connectivity index (χ1n) is 12.9. The molecular weight excluding hydrogens is 587 g/mol. The highest BCUT2D eigenvalue weighted by Gasteiger charge is 2.21. The van der Waals surface area contributed by atoms with Crippen molar-refractivity contribution in [3.8, 4) is 21.1 Å². The first-order valence-corrected chi connectivity index (χ1v) is 16.0. The van der Waals surface area contributed by atoms with Gasteiger partial charge in [0, 0.05) is 22.4 Å². The molecule has 0 saturated heterocycles. The molecule has 7 aromatic rings. The SMILES string of the molecule is Cc1ccc2nc(-c3ccc4nc(-c5ccc(NC(=O)c6cccc7ccccc67)cc5)sc4c3)sc2c1S(=O)(=O)O. The van der Waals surface area contributed by atoms with Crippen LogP contribution in [0.2, 0.25) is 0 Å². The van der Waals surface area contributed by atoms with Crippen LogP contribution >= 0.6 is 22.7 Å². The second-order valence-electron chi connectivity index (χ2n) is 9.81. The number of aromatic nitrogens is 2. The van der Waals surface area contributed by atoms with E-state index in [2.05, 4.69) is 10.3 Å². The maximum absolute atomic E-state index is 13.0. The van der Waals surface area contributed by atoms with Crippen molar-refractivity contribution in [3.63, 3.8) is 0 Å². The lowest BCUT2D eigenvalue weighted by atomic mass is 10.0. The van der Waals surface area contributed by atoms with E-state index in [1.54, 1.807) is 19.1 Å². The molecule has 10 heteroatoms. The zero-order chi connectivity index (χ0) is 29.0. The van der Waals surface area contributed by atoms with Gasteiger partial charge in [-0.25, -0.2) is 9.97 Å². The molecule has 1 amide bonds. The van der Waals surface area contributed by atoms with Gasteiger partial charge in [0.05, 0.1) is 20.4 Å². The molecule has 0 unspecified atom stereocenters. The number of fused-ring (bicyclic) bond motifs is 3. The van der Waals surface area contributed by atoms with Crippen LogP contribution in [0.5, 0.6) is 0 Å². The number of rotatable bonds is 5. The van der Waals surface area contributed by atoms with Crippen molar-refractivity contribution < 1.29 is 17.8 Å². The average Bonchev–Trinajstić information content (AvgIpc) is 3.60. The normalized spacial score (nSPS) is 11.9. The van der Waals surface area contributed by atoms with Crippen molar-refractivity contribution in [1.29, 1.82) is 0 Å². The minimum absolute atomic E-state index is 0.0957. The van der Waals surface area contributed by atoms with Gasteiger partial charge in [-0.05, 0) is 77.9 Å². The van der Waals surface area contributed by atoms with Gasteiger partial charge in [-0.15, -0.1) is 22.7 Å². The molecular formula is C32H21N3O4S3. The number of anilines is 1. The molecule has 0 saturated carbocycles. The van der Waals surface area contributed by atoms with E-state index in [4.69, 9.17) is 4.98 Å². The summed E-state index contributed by atoms with van der Waals surface area (Å²) < 4.78 is 35.2. The van der Waals surface area contributed by atoms with E-state index in [-0.39, 0.29) is 10.8 Å². The van der Waals surface area contributed by atoms with Crippen molar-refractivity contribution in [2.24, 2.45) is 0 Å². The predicted molar refractivity (Wildman–Crippen MR) is 170 cm³/mol. The van der Waals surface area contributed by atoms with Crippen LogP contribution in [0, 0.1) is 6.92 Å². The fourth-order valence-electron chi connectivity index (χ4n) is 5.01. The van der Waals surface area contributed by atoms with Crippen molar-refractivity contribution in [3.05, 3.63) is 108 Å². The Morgan fingerprint density at radius 1 is 0.786 bits per heavy atom. The topological polar surface area (TPSA) is 109 Å². The summed E-state index contributed by atoms with van der Waals surface area (Å²) in [4.78, 5) is 22.4. The zero-order valence-electron chi connectivity index (χ0n) is 22.0. The summed E-state index contributed by atoms with van der Waals surface area (Å²) in [6.45, 7) is 1.65. The molecule has 0 fully saturated rings. The summed E-state index contributed by atoms with van der Waals surface area (Å²) in [5, 5.41) is 6.41. The third kappa shape index (κ3) is 4.74. The maximum Gasteiger partial charge on any atom is 0.296 e. The number of nitrogens with zero attached hydrogens (tertiary/aromatic N) is 2. The molecule has 0 aliphatic rings. The highest BCUT2D eigenvalue weighted by Crippen LogP contribution is 2.38. The van der Waals surface area contributed by atoms with Crippen LogP contribution in [0.3, 0.4) is 0 Å². The van der Waals surface area contributed by atoms with Crippen LogP contribution in [-0.4, -0.2) is 28.8 Å². The third-order valence-electron chi connectivity index (χ3n) is 7.03. The van der Waals surface area contributed by atoms with E-state index >= 15 is 0 Å². The predicted octanol–water partition coefficient (Wildman–Crippen LogP) is 8.20. The molecule has 2 N–H and O–H groups in total. The van der Waals surface area contributed by atoms with E-state index < -0.39 is 10.1 Å². The Bertz CT molecular complexity index is 2280. The summed E-state index contributed by atoms with van der Waals surface area (Å²) in [5.74, 6) is -0.166. The van der Waals surface area contributed by atoms with E-state index in [0.717, 1.165) is 37.1 Å². The van der Waals surface area contributed by atoms with Crippen LogP contribution in [0.25, 0.3) is 52.3 Å². The molecule has 0 aliphatic carbocycles. The zero-order valence-corrected chi connectivity index (χ0v) is 24.5. The van der Waals surface area contributed by atoms with Gasteiger partial charge >= 0.3 is 0 Å². The second kappa shape index (κ2) is 10.1. The smallest absolute Gasteiger partial charge is 0.296 e. The minimum Gasteiger partial charge on any atom is -0.322 e. The molecule has 206 valence electrons. The summed E-state index contributed by atoms with van der Waals surface area (Å²) in [6, 6.07) is 30.3. The number of nitrogens with one attached hydrogen (secondary N) is 1. The minimum atomic E-state index is -4.38. The number of hydrogen-bond donors (Lipinski definition) is 2. The van der Waals surface area contributed by atoms with Crippen LogP contribution in [0.4, 0.5) is 5.69 Å². The number of aryl methyl sites for hydroxylation is 1. The molecule has 5 aromatic carbocycles. The highest BCUT2D eigenvalue weighted by molar-refractivity contribution is 7.86. The summed E-state index contributed by atoms with van der Waals surface area (Å²) in [6.07, 6.45) is 0. The van der Waals surface area contributed by atoms with Crippen molar-refractivity contribution >= 4 is 75.6 Å². The summed E-state index contributed by atoms with van der Waals surface area (Å²) >= 11 is 2.77. The van der Waals surface area contributed by atoms with E-state index in [9.17, 15) is 17.8 Å². The van der Waals surface area contributed by atoms with Gasteiger partial charge in [0.15, 0.2) is 0 Å². The van der Waals surface area contributed by atoms with Gasteiger partial charge in [0.25, 0.3) is 16.0 Å². The van der Waals surface area contributed by atoms with Crippen molar-refractivity contribution in [1.82, 2.24) is 9.97 Å². The van der Waals surface area contributed by atoms with Crippen LogP contribution in [0.15, 0.2) is 102 Å². The second-order valence-corrected chi connectivity index (χ2v) is 13.2. The third-order valence-corrected chi connectivity index (χ3v) is 10.4.